The fourth-order valence-electron chi connectivity index (χ4n) is 3.62. The van der Waals surface area contributed by atoms with E-state index >= 15 is 0 Å². The van der Waals surface area contributed by atoms with Crippen LogP contribution < -0.4 is 10.2 Å². The molecule has 0 saturated carbocycles. The number of hydrogen-bond donors (Lipinski definition) is 1. The summed E-state index contributed by atoms with van der Waals surface area (Å²) in [6.07, 6.45) is -8.52. The van der Waals surface area contributed by atoms with Gasteiger partial charge < -0.3 is 15.0 Å². The van der Waals surface area contributed by atoms with Crippen LogP contribution in [0.5, 0.6) is 0 Å². The first-order valence-electron chi connectivity index (χ1n) is 9.81. The predicted octanol–water partition coefficient (Wildman–Crippen LogP) is 5.26. The quantitative estimate of drug-likeness (QED) is 0.488. The molecular formula is C21H18Cl2F6N2O3S. The number of halogens is 8. The molecule has 1 saturated heterocycles. The molecule has 0 spiro atoms. The average Bonchev–Trinajstić information content (AvgIpc) is 3.17. The molecule has 0 aliphatic carbocycles. The summed E-state index contributed by atoms with van der Waals surface area (Å²) in [6.45, 7) is -2.00. The lowest BCUT2D eigenvalue weighted by Crippen LogP contribution is -2.46. The molecule has 3 rings (SSSR count). The van der Waals surface area contributed by atoms with Crippen LogP contribution in [-0.2, 0) is 38.7 Å². The Morgan fingerprint density at radius 1 is 1.11 bits per heavy atom. The Morgan fingerprint density at radius 2 is 1.74 bits per heavy atom. The molecule has 192 valence electrons. The SMILES string of the molecule is CS(=O)CC(=O)NCc1ccc(N2COC(c3cc(Cl)cc(Cl)c3)(C(F)(F)F)C2)cc1C(F)(F)F. The van der Waals surface area contributed by atoms with Gasteiger partial charge in [-0.2, -0.15) is 26.3 Å². The highest BCUT2D eigenvalue weighted by Crippen LogP contribution is 2.48. The number of carbonyl (C=O) groups is 1. The zero-order valence-electron chi connectivity index (χ0n) is 17.9. The number of amides is 1. The maximum Gasteiger partial charge on any atom is 0.423 e. The molecule has 2 atom stereocenters. The summed E-state index contributed by atoms with van der Waals surface area (Å²) >= 11 is 11.7. The van der Waals surface area contributed by atoms with Crippen LogP contribution in [0.25, 0.3) is 0 Å². The molecule has 0 bridgehead atoms. The van der Waals surface area contributed by atoms with Gasteiger partial charge in [-0.25, -0.2) is 0 Å². The third-order valence-corrected chi connectivity index (χ3v) is 6.35. The third-order valence-electron chi connectivity index (χ3n) is 5.24. The van der Waals surface area contributed by atoms with E-state index in [0.717, 1.165) is 23.1 Å². The van der Waals surface area contributed by atoms with Crippen LogP contribution in [0.15, 0.2) is 36.4 Å². The fraction of sp³-hybridized carbons (Fsp3) is 0.381. The van der Waals surface area contributed by atoms with Gasteiger partial charge in [0.15, 0.2) is 0 Å². The zero-order chi connectivity index (χ0) is 26.2. The van der Waals surface area contributed by atoms with Crippen LogP contribution in [-0.4, -0.2) is 41.6 Å². The minimum atomic E-state index is -4.94. The number of nitrogens with one attached hydrogen (secondary N) is 1. The van der Waals surface area contributed by atoms with Crippen molar-refractivity contribution in [2.45, 2.75) is 24.5 Å². The average molecular weight is 563 g/mol. The monoisotopic (exact) mass is 562 g/mol. The minimum Gasteiger partial charge on any atom is -0.351 e. The van der Waals surface area contributed by atoms with Crippen molar-refractivity contribution in [2.75, 3.05) is 30.2 Å². The highest BCUT2D eigenvalue weighted by molar-refractivity contribution is 7.85. The Hall–Kier alpha value is -2.02. The van der Waals surface area contributed by atoms with Crippen LogP contribution in [0.2, 0.25) is 10.0 Å². The molecule has 1 N–H and O–H groups in total. The summed E-state index contributed by atoms with van der Waals surface area (Å²) < 4.78 is 100.0. The molecule has 1 fully saturated rings. The second-order valence-corrected chi connectivity index (χ2v) is 10.1. The number of benzene rings is 2. The first-order valence-corrected chi connectivity index (χ1v) is 12.3. The number of carbonyl (C=O) groups excluding carboxylic acids is 1. The van der Waals surface area contributed by atoms with Crippen molar-refractivity contribution < 1.29 is 40.1 Å². The van der Waals surface area contributed by atoms with Gasteiger partial charge in [0, 0.05) is 39.3 Å². The molecule has 0 radical (unpaired) electrons. The van der Waals surface area contributed by atoms with Crippen molar-refractivity contribution in [3.63, 3.8) is 0 Å². The number of ether oxygens (including phenoxy) is 1. The van der Waals surface area contributed by atoms with Crippen molar-refractivity contribution in [1.29, 1.82) is 0 Å². The Labute approximate surface area is 208 Å². The van der Waals surface area contributed by atoms with E-state index in [2.05, 4.69) is 5.32 Å². The van der Waals surface area contributed by atoms with Crippen LogP contribution in [0.3, 0.4) is 0 Å². The highest BCUT2D eigenvalue weighted by Gasteiger charge is 2.61. The van der Waals surface area contributed by atoms with Crippen molar-refractivity contribution >= 4 is 45.6 Å². The normalized spacial score (nSPS) is 19.6. The van der Waals surface area contributed by atoms with Gasteiger partial charge in [0.25, 0.3) is 0 Å². The molecule has 2 aromatic rings. The predicted molar refractivity (Wildman–Crippen MR) is 120 cm³/mol. The van der Waals surface area contributed by atoms with E-state index < -0.39 is 60.0 Å². The van der Waals surface area contributed by atoms with Crippen molar-refractivity contribution in [3.8, 4) is 0 Å². The summed E-state index contributed by atoms with van der Waals surface area (Å²) in [5.41, 5.74) is -4.86. The van der Waals surface area contributed by atoms with Crippen LogP contribution >= 0.6 is 23.2 Å². The summed E-state index contributed by atoms with van der Waals surface area (Å²) in [6, 6.07) is 6.29. The van der Waals surface area contributed by atoms with Crippen molar-refractivity contribution in [3.05, 3.63) is 63.1 Å². The number of alkyl halides is 6. The highest BCUT2D eigenvalue weighted by atomic mass is 35.5. The molecule has 2 aromatic carbocycles. The van der Waals surface area contributed by atoms with E-state index in [4.69, 9.17) is 27.9 Å². The van der Waals surface area contributed by atoms with Crippen molar-refractivity contribution in [2.24, 2.45) is 0 Å². The molecule has 2 unspecified atom stereocenters. The molecule has 1 amide bonds. The lowest BCUT2D eigenvalue weighted by atomic mass is 9.92. The Kier molecular flexibility index (Phi) is 8.00. The van der Waals surface area contributed by atoms with E-state index in [1.165, 1.54) is 18.4 Å². The summed E-state index contributed by atoms with van der Waals surface area (Å²) in [5, 5.41) is 2.13. The lowest BCUT2D eigenvalue weighted by molar-refractivity contribution is -0.264. The Morgan fingerprint density at radius 3 is 2.29 bits per heavy atom. The van der Waals surface area contributed by atoms with Gasteiger partial charge in [-0.3, -0.25) is 9.00 Å². The number of nitrogens with zero attached hydrogens (tertiary/aromatic N) is 1. The Bertz CT molecular complexity index is 1120. The van der Waals surface area contributed by atoms with Crippen molar-refractivity contribution in [1.82, 2.24) is 5.32 Å². The van der Waals surface area contributed by atoms with Gasteiger partial charge in [-0.05, 0) is 41.5 Å². The first-order chi connectivity index (χ1) is 16.1. The van der Waals surface area contributed by atoms with Gasteiger partial charge in [0.2, 0.25) is 11.5 Å². The van der Waals surface area contributed by atoms with Gasteiger partial charge in [-0.15, -0.1) is 0 Å². The largest absolute Gasteiger partial charge is 0.423 e. The molecule has 0 aromatic heterocycles. The zero-order valence-corrected chi connectivity index (χ0v) is 20.2. The van der Waals surface area contributed by atoms with Crippen LogP contribution in [0, 0.1) is 0 Å². The van der Waals surface area contributed by atoms with E-state index in [1.807, 2.05) is 0 Å². The van der Waals surface area contributed by atoms with Gasteiger partial charge >= 0.3 is 12.4 Å². The topological polar surface area (TPSA) is 58.6 Å². The molecule has 14 heteroatoms. The van der Waals surface area contributed by atoms with Crippen LogP contribution in [0.4, 0.5) is 32.0 Å². The van der Waals surface area contributed by atoms with Crippen LogP contribution in [0.1, 0.15) is 16.7 Å². The van der Waals surface area contributed by atoms with E-state index in [1.54, 1.807) is 0 Å². The number of anilines is 1. The molecular weight excluding hydrogens is 545 g/mol. The number of hydrogen-bond acceptors (Lipinski definition) is 4. The lowest BCUT2D eigenvalue weighted by Gasteiger charge is -2.31. The minimum absolute atomic E-state index is 0.0594. The van der Waals surface area contributed by atoms with Gasteiger partial charge in [0.05, 0.1) is 12.1 Å². The molecule has 1 aliphatic rings. The van der Waals surface area contributed by atoms with E-state index in [-0.39, 0.29) is 32.6 Å². The third kappa shape index (κ3) is 6.22. The van der Waals surface area contributed by atoms with E-state index in [0.29, 0.717) is 6.07 Å². The second kappa shape index (κ2) is 10.2. The maximum atomic E-state index is 14.2. The maximum absolute atomic E-state index is 14.2. The summed E-state index contributed by atoms with van der Waals surface area (Å²) in [4.78, 5) is 12.7. The molecule has 1 aliphatic heterocycles. The van der Waals surface area contributed by atoms with Gasteiger partial charge in [0.1, 0.15) is 12.5 Å². The molecule has 1 heterocycles. The Balaban J connectivity index is 1.93. The summed E-state index contributed by atoms with van der Waals surface area (Å²) in [7, 11) is -1.48. The molecule has 5 nitrogen and oxygen atoms in total. The smallest absolute Gasteiger partial charge is 0.351 e. The fourth-order valence-corrected chi connectivity index (χ4v) is 4.62. The first kappa shape index (κ1) is 27.6. The summed E-state index contributed by atoms with van der Waals surface area (Å²) in [5.74, 6) is -1.08. The standard InChI is InChI=1S/C21H18Cl2F6N2O3S/c1-35(33)9-18(32)30-8-12-2-3-16(7-17(12)20(24,25)26)31-10-19(34-11-31,21(27,28)29)13-4-14(22)6-15(23)5-13/h2-7H,8-11H2,1H3,(H,30,32). The molecule has 35 heavy (non-hydrogen) atoms. The number of rotatable bonds is 6. The van der Waals surface area contributed by atoms with Gasteiger partial charge in [-0.1, -0.05) is 29.3 Å². The second-order valence-electron chi connectivity index (χ2n) is 7.79. The van der Waals surface area contributed by atoms with E-state index in [9.17, 15) is 35.3 Å².